The molecule has 0 radical (unpaired) electrons. The summed E-state index contributed by atoms with van der Waals surface area (Å²) < 4.78 is 15.4. The first-order valence-corrected chi connectivity index (χ1v) is 9.74. The molecule has 1 aliphatic rings. The molecule has 0 aromatic heterocycles. The maximum atomic E-state index is 13.5. The molecule has 30 heavy (non-hydrogen) atoms. The molecule has 1 N–H and O–H groups in total. The van der Waals surface area contributed by atoms with Crippen LogP contribution in [0.4, 0.5) is 9.59 Å². The lowest BCUT2D eigenvalue weighted by Gasteiger charge is -2.37. The molecule has 9 heteroatoms. The minimum Gasteiger partial charge on any atom is -0.458 e. The van der Waals surface area contributed by atoms with Crippen LogP contribution in [0.2, 0.25) is 0 Å². The Morgan fingerprint density at radius 3 is 2.33 bits per heavy atom. The van der Waals surface area contributed by atoms with Crippen LogP contribution < -0.4 is 5.43 Å². The maximum absolute atomic E-state index is 13.5. The lowest BCUT2D eigenvalue weighted by molar-refractivity contribution is -0.166. The zero-order chi connectivity index (χ0) is 22.7. The smallest absolute Gasteiger partial charge is 0.430 e. The summed E-state index contributed by atoms with van der Waals surface area (Å²) >= 11 is 0. The van der Waals surface area contributed by atoms with Gasteiger partial charge in [0.1, 0.15) is 5.60 Å². The van der Waals surface area contributed by atoms with Crippen LogP contribution in [0.1, 0.15) is 56.1 Å². The minimum atomic E-state index is -2.16. The van der Waals surface area contributed by atoms with Crippen molar-refractivity contribution in [3.8, 4) is 0 Å². The van der Waals surface area contributed by atoms with E-state index in [0.717, 1.165) is 5.56 Å². The highest BCUT2D eigenvalue weighted by Gasteiger charge is 2.61. The van der Waals surface area contributed by atoms with E-state index in [4.69, 9.17) is 14.2 Å². The fourth-order valence-corrected chi connectivity index (χ4v) is 3.17. The highest BCUT2D eigenvalue weighted by Crippen LogP contribution is 2.37. The Morgan fingerprint density at radius 2 is 1.77 bits per heavy atom. The first-order valence-electron chi connectivity index (χ1n) is 9.74. The number of amides is 2. The minimum absolute atomic E-state index is 0.0231. The molecule has 0 spiro atoms. The Hall–Kier alpha value is -3.10. The second-order valence-corrected chi connectivity index (χ2v) is 7.90. The van der Waals surface area contributed by atoms with E-state index < -0.39 is 35.1 Å². The molecule has 0 heterocycles. The number of nitrogens with zero attached hydrogens (tertiary/aromatic N) is 1. The first kappa shape index (κ1) is 23.2. The van der Waals surface area contributed by atoms with E-state index >= 15 is 0 Å². The maximum Gasteiger partial charge on any atom is 0.430 e. The molecule has 0 bridgehead atoms. The van der Waals surface area contributed by atoms with Crippen LogP contribution in [0.15, 0.2) is 18.2 Å². The molecule has 1 aliphatic carbocycles. The van der Waals surface area contributed by atoms with E-state index in [0.29, 0.717) is 10.6 Å². The van der Waals surface area contributed by atoms with Crippen LogP contribution in [-0.4, -0.2) is 53.3 Å². The average molecular weight is 420 g/mol. The molecule has 0 saturated heterocycles. The van der Waals surface area contributed by atoms with Gasteiger partial charge in [-0.3, -0.25) is 4.79 Å². The summed E-state index contributed by atoms with van der Waals surface area (Å²) in [6.45, 7) is 9.86. The number of ether oxygens (including phenoxy) is 3. The number of ketones is 1. The molecular weight excluding hydrogens is 392 g/mol. The SMILES string of the molecule is CCOC(=O)NN(C(=O)OCC)[C@]1(C(=O)OC(C)(C)C)Cc2ccc(C)cc2C1=O. The molecule has 0 fully saturated rings. The van der Waals surface area contributed by atoms with Crippen LogP contribution in [0, 0.1) is 6.92 Å². The van der Waals surface area contributed by atoms with Crippen LogP contribution in [0.3, 0.4) is 0 Å². The van der Waals surface area contributed by atoms with Gasteiger partial charge in [-0.05, 0) is 53.2 Å². The summed E-state index contributed by atoms with van der Waals surface area (Å²) in [5, 5.41) is 0.597. The van der Waals surface area contributed by atoms with E-state index in [2.05, 4.69) is 5.43 Å². The number of hydrazine groups is 1. The monoisotopic (exact) mass is 420 g/mol. The number of Topliss-reactive ketones (excluding diaryl/α,β-unsaturated/α-hetero) is 1. The lowest BCUT2D eigenvalue weighted by atomic mass is 9.93. The predicted molar refractivity (Wildman–Crippen MR) is 107 cm³/mol. The third-order valence-corrected chi connectivity index (χ3v) is 4.38. The molecule has 1 atom stereocenters. The summed E-state index contributed by atoms with van der Waals surface area (Å²) in [6.07, 6.45) is -2.26. The van der Waals surface area contributed by atoms with Gasteiger partial charge >= 0.3 is 18.2 Å². The van der Waals surface area contributed by atoms with Crippen LogP contribution in [0.25, 0.3) is 0 Å². The molecular formula is C21H28N2O7. The number of carbonyl (C=O) groups is 4. The van der Waals surface area contributed by atoms with Gasteiger partial charge in [0.15, 0.2) is 0 Å². The molecule has 2 rings (SSSR count). The Balaban J connectivity index is 2.64. The van der Waals surface area contributed by atoms with Crippen molar-refractivity contribution in [1.82, 2.24) is 10.4 Å². The number of aryl methyl sites for hydroxylation is 1. The summed E-state index contributed by atoms with van der Waals surface area (Å²) in [4.78, 5) is 51.8. The summed E-state index contributed by atoms with van der Waals surface area (Å²) in [5.41, 5.74) is 0.738. The molecule has 0 saturated carbocycles. The highest BCUT2D eigenvalue weighted by molar-refractivity contribution is 6.21. The van der Waals surface area contributed by atoms with Gasteiger partial charge in [-0.1, -0.05) is 17.7 Å². The summed E-state index contributed by atoms with van der Waals surface area (Å²) in [7, 11) is 0. The number of rotatable bonds is 4. The number of benzene rings is 1. The number of carbonyl (C=O) groups excluding carboxylic acids is 4. The van der Waals surface area contributed by atoms with Crippen LogP contribution in [-0.2, 0) is 25.4 Å². The van der Waals surface area contributed by atoms with Gasteiger partial charge in [0.2, 0.25) is 11.3 Å². The molecule has 2 amide bonds. The second kappa shape index (κ2) is 8.73. The van der Waals surface area contributed by atoms with E-state index in [1.807, 2.05) is 0 Å². The Kier molecular flexibility index (Phi) is 6.74. The topological polar surface area (TPSA) is 111 Å². The van der Waals surface area contributed by atoms with Crippen molar-refractivity contribution in [2.45, 2.75) is 59.1 Å². The number of fused-ring (bicyclic) bond motifs is 1. The average Bonchev–Trinajstić information content (AvgIpc) is 2.92. The normalized spacial score (nSPS) is 17.7. The zero-order valence-corrected chi connectivity index (χ0v) is 18.2. The van der Waals surface area contributed by atoms with Crippen molar-refractivity contribution < 1.29 is 33.4 Å². The Bertz CT molecular complexity index is 859. The molecule has 1 aromatic rings. The van der Waals surface area contributed by atoms with Crippen LogP contribution in [0.5, 0.6) is 0 Å². The van der Waals surface area contributed by atoms with E-state index in [-0.39, 0.29) is 25.2 Å². The lowest BCUT2D eigenvalue weighted by Crippen LogP contribution is -2.68. The predicted octanol–water partition coefficient (Wildman–Crippen LogP) is 2.93. The Morgan fingerprint density at radius 1 is 1.13 bits per heavy atom. The third-order valence-electron chi connectivity index (χ3n) is 4.38. The van der Waals surface area contributed by atoms with E-state index in [9.17, 15) is 19.2 Å². The summed E-state index contributed by atoms with van der Waals surface area (Å²) in [5.74, 6) is -1.64. The number of esters is 1. The fraction of sp³-hybridized carbons (Fsp3) is 0.524. The molecule has 164 valence electrons. The van der Waals surface area contributed by atoms with Gasteiger partial charge in [0.05, 0.1) is 13.2 Å². The molecule has 0 unspecified atom stereocenters. The number of hydrogen-bond acceptors (Lipinski definition) is 7. The van der Waals surface area contributed by atoms with Gasteiger partial charge in [-0.15, -0.1) is 0 Å². The van der Waals surface area contributed by atoms with Gasteiger partial charge in [-0.25, -0.2) is 19.8 Å². The van der Waals surface area contributed by atoms with Crippen molar-refractivity contribution in [3.63, 3.8) is 0 Å². The zero-order valence-electron chi connectivity index (χ0n) is 18.2. The second-order valence-electron chi connectivity index (χ2n) is 7.90. The Labute approximate surface area is 175 Å². The highest BCUT2D eigenvalue weighted by atomic mass is 16.6. The quantitative estimate of drug-likeness (QED) is 0.345. The van der Waals surface area contributed by atoms with Crippen molar-refractivity contribution in [2.24, 2.45) is 0 Å². The number of nitrogens with one attached hydrogen (secondary N) is 1. The van der Waals surface area contributed by atoms with E-state index in [1.54, 1.807) is 59.7 Å². The first-order chi connectivity index (χ1) is 14.0. The molecule has 9 nitrogen and oxygen atoms in total. The van der Waals surface area contributed by atoms with Crippen molar-refractivity contribution in [3.05, 3.63) is 34.9 Å². The summed E-state index contributed by atoms with van der Waals surface area (Å²) in [6, 6.07) is 5.14. The fourth-order valence-electron chi connectivity index (χ4n) is 3.17. The van der Waals surface area contributed by atoms with Crippen molar-refractivity contribution in [1.29, 1.82) is 0 Å². The molecule has 0 aliphatic heterocycles. The van der Waals surface area contributed by atoms with E-state index in [1.165, 1.54) is 0 Å². The van der Waals surface area contributed by atoms with Crippen molar-refractivity contribution >= 4 is 23.9 Å². The molecule has 1 aromatic carbocycles. The largest absolute Gasteiger partial charge is 0.458 e. The number of hydrogen-bond donors (Lipinski definition) is 1. The van der Waals surface area contributed by atoms with Crippen molar-refractivity contribution in [2.75, 3.05) is 13.2 Å². The van der Waals surface area contributed by atoms with Gasteiger partial charge < -0.3 is 14.2 Å². The standard InChI is InChI=1S/C21H28N2O7/c1-7-28-18(26)22-23(19(27)29-8-2)21(17(25)30-20(4,5)6)12-14-10-9-13(3)11-15(14)16(21)24/h9-11H,7-8,12H2,1-6H3,(H,22,26)/t21-/m1/s1. The van der Waals surface area contributed by atoms with Gasteiger partial charge in [-0.2, -0.15) is 5.01 Å². The van der Waals surface area contributed by atoms with Crippen LogP contribution >= 0.6 is 0 Å². The third kappa shape index (κ3) is 4.55. The van der Waals surface area contributed by atoms with Gasteiger partial charge in [0, 0.05) is 12.0 Å². The van der Waals surface area contributed by atoms with Gasteiger partial charge in [0.25, 0.3) is 0 Å².